The van der Waals surface area contributed by atoms with Gasteiger partial charge in [-0.1, -0.05) is 0 Å². The van der Waals surface area contributed by atoms with E-state index in [9.17, 15) is 0 Å². The summed E-state index contributed by atoms with van der Waals surface area (Å²) in [5, 5.41) is 6.84. The van der Waals surface area contributed by atoms with Crippen LogP contribution >= 0.6 is 0 Å². The molecule has 0 spiro atoms. The first-order valence-electron chi connectivity index (χ1n) is 9.34. The Balaban J connectivity index is 1.42. The van der Waals surface area contributed by atoms with Crippen LogP contribution in [0.5, 0.6) is 0 Å². The molecule has 0 bridgehead atoms. The summed E-state index contributed by atoms with van der Waals surface area (Å²) in [4.78, 5) is 11.7. The van der Waals surface area contributed by atoms with Crippen LogP contribution < -0.4 is 10.6 Å². The van der Waals surface area contributed by atoms with Crippen molar-refractivity contribution >= 4 is 5.96 Å². The Morgan fingerprint density at radius 1 is 1.25 bits per heavy atom. The van der Waals surface area contributed by atoms with Crippen LogP contribution in [0, 0.1) is 19.8 Å². The molecular formula is C18H31N5O. The number of hydrogen-bond acceptors (Lipinski definition) is 4. The summed E-state index contributed by atoms with van der Waals surface area (Å²) in [6.07, 6.45) is 4.96. The van der Waals surface area contributed by atoms with Crippen molar-refractivity contribution in [2.45, 2.75) is 59.0 Å². The van der Waals surface area contributed by atoms with Crippen molar-refractivity contribution in [2.75, 3.05) is 26.2 Å². The van der Waals surface area contributed by atoms with Crippen LogP contribution in [0.1, 0.15) is 50.0 Å². The van der Waals surface area contributed by atoms with Crippen molar-refractivity contribution in [2.24, 2.45) is 10.9 Å². The van der Waals surface area contributed by atoms with Crippen molar-refractivity contribution in [3.63, 3.8) is 0 Å². The van der Waals surface area contributed by atoms with Gasteiger partial charge in [-0.05, 0) is 65.5 Å². The number of oxazole rings is 1. The highest BCUT2D eigenvalue weighted by molar-refractivity contribution is 5.80. The molecule has 1 aromatic heterocycles. The van der Waals surface area contributed by atoms with E-state index >= 15 is 0 Å². The maximum atomic E-state index is 5.70. The van der Waals surface area contributed by atoms with Crippen molar-refractivity contribution in [1.82, 2.24) is 20.5 Å². The lowest BCUT2D eigenvalue weighted by Crippen LogP contribution is -2.39. The predicted octanol–water partition coefficient (Wildman–Crippen LogP) is 2.22. The molecule has 24 heavy (non-hydrogen) atoms. The molecule has 1 aliphatic heterocycles. The summed E-state index contributed by atoms with van der Waals surface area (Å²) in [5.41, 5.74) is 1.01. The van der Waals surface area contributed by atoms with E-state index in [4.69, 9.17) is 9.41 Å². The van der Waals surface area contributed by atoms with Crippen LogP contribution in [0.4, 0.5) is 0 Å². The highest BCUT2D eigenvalue weighted by atomic mass is 16.4. The maximum Gasteiger partial charge on any atom is 0.208 e. The van der Waals surface area contributed by atoms with Gasteiger partial charge in [0.25, 0.3) is 0 Å². The second-order valence-electron chi connectivity index (χ2n) is 7.11. The minimum Gasteiger partial charge on any atom is -0.444 e. The van der Waals surface area contributed by atoms with Crippen LogP contribution in [0.3, 0.4) is 0 Å². The lowest BCUT2D eigenvalue weighted by atomic mass is 9.97. The molecular weight excluding hydrogens is 302 g/mol. The van der Waals surface area contributed by atoms with Gasteiger partial charge in [0.1, 0.15) is 5.76 Å². The molecule has 2 fully saturated rings. The topological polar surface area (TPSA) is 65.7 Å². The first-order valence-corrected chi connectivity index (χ1v) is 9.34. The molecule has 0 aromatic carbocycles. The molecule has 0 unspecified atom stereocenters. The minimum absolute atomic E-state index is 0.650. The smallest absolute Gasteiger partial charge is 0.208 e. The Morgan fingerprint density at radius 3 is 2.58 bits per heavy atom. The molecule has 1 aromatic rings. The molecule has 1 saturated carbocycles. The molecule has 0 amide bonds. The van der Waals surface area contributed by atoms with E-state index in [2.05, 4.69) is 27.4 Å². The summed E-state index contributed by atoms with van der Waals surface area (Å²) in [6, 6.07) is 0.650. The molecule has 2 heterocycles. The molecule has 1 saturated heterocycles. The number of aryl methyl sites for hydroxylation is 2. The fourth-order valence-corrected chi connectivity index (χ4v) is 3.09. The van der Waals surface area contributed by atoms with Gasteiger partial charge in [0.2, 0.25) is 5.89 Å². The highest BCUT2D eigenvalue weighted by Gasteiger charge is 2.23. The Morgan fingerprint density at radius 2 is 2.00 bits per heavy atom. The molecule has 2 aliphatic rings. The first-order chi connectivity index (χ1) is 11.6. The number of nitrogens with one attached hydrogen (secondary N) is 2. The number of likely N-dealkylation sites (tertiary alicyclic amines) is 1. The zero-order valence-corrected chi connectivity index (χ0v) is 15.3. The van der Waals surface area contributed by atoms with Crippen molar-refractivity contribution in [1.29, 1.82) is 0 Å². The zero-order valence-electron chi connectivity index (χ0n) is 15.3. The standard InChI is InChI=1S/C18H31N5O/c1-4-19-18(22-16-5-6-16)20-11-15-7-9-23(10-8-15)12-17-21-13(2)14(3)24-17/h15-16H,4-12H2,1-3H3,(H2,19,20,22). The largest absolute Gasteiger partial charge is 0.444 e. The number of aromatic nitrogens is 1. The number of piperidine rings is 1. The van der Waals surface area contributed by atoms with Gasteiger partial charge in [0.05, 0.1) is 12.2 Å². The Labute approximate surface area is 145 Å². The fourth-order valence-electron chi connectivity index (χ4n) is 3.09. The van der Waals surface area contributed by atoms with Gasteiger partial charge in [0.15, 0.2) is 5.96 Å². The normalized spacial score (nSPS) is 20.4. The molecule has 1 aliphatic carbocycles. The summed E-state index contributed by atoms with van der Waals surface area (Å²) < 4.78 is 5.70. The van der Waals surface area contributed by atoms with Gasteiger partial charge in [-0.15, -0.1) is 0 Å². The quantitative estimate of drug-likeness (QED) is 0.617. The molecule has 3 rings (SSSR count). The van der Waals surface area contributed by atoms with Crippen LogP contribution in [0.25, 0.3) is 0 Å². The Hall–Kier alpha value is -1.56. The average Bonchev–Trinajstić information content (AvgIpc) is 3.32. The van der Waals surface area contributed by atoms with Gasteiger partial charge in [-0.3, -0.25) is 9.89 Å². The van der Waals surface area contributed by atoms with Crippen LogP contribution in [0.15, 0.2) is 9.41 Å². The fraction of sp³-hybridized carbons (Fsp3) is 0.778. The summed E-state index contributed by atoms with van der Waals surface area (Å²) >= 11 is 0. The van der Waals surface area contributed by atoms with Crippen LogP contribution in [-0.2, 0) is 6.54 Å². The summed E-state index contributed by atoms with van der Waals surface area (Å²) in [5.74, 6) is 3.47. The molecule has 0 radical (unpaired) electrons. The van der Waals surface area contributed by atoms with Gasteiger partial charge < -0.3 is 15.1 Å². The van der Waals surface area contributed by atoms with E-state index in [1.807, 2.05) is 13.8 Å². The van der Waals surface area contributed by atoms with E-state index in [0.717, 1.165) is 56.0 Å². The average molecular weight is 333 g/mol. The maximum absolute atomic E-state index is 5.70. The van der Waals surface area contributed by atoms with Crippen molar-refractivity contribution in [3.8, 4) is 0 Å². The second kappa shape index (κ2) is 8.01. The lowest BCUT2D eigenvalue weighted by molar-refractivity contribution is 0.166. The van der Waals surface area contributed by atoms with Gasteiger partial charge in [0, 0.05) is 19.1 Å². The number of aliphatic imine (C=N–C) groups is 1. The van der Waals surface area contributed by atoms with Gasteiger partial charge in [-0.25, -0.2) is 4.98 Å². The predicted molar refractivity (Wildman–Crippen MR) is 96.1 cm³/mol. The summed E-state index contributed by atoms with van der Waals surface area (Å²) in [7, 11) is 0. The van der Waals surface area contributed by atoms with E-state index in [-0.39, 0.29) is 0 Å². The molecule has 134 valence electrons. The van der Waals surface area contributed by atoms with Gasteiger partial charge >= 0.3 is 0 Å². The highest BCUT2D eigenvalue weighted by Crippen LogP contribution is 2.21. The third-order valence-electron chi connectivity index (χ3n) is 4.91. The van der Waals surface area contributed by atoms with Gasteiger partial charge in [-0.2, -0.15) is 0 Å². The third-order valence-corrected chi connectivity index (χ3v) is 4.91. The van der Waals surface area contributed by atoms with Crippen molar-refractivity contribution < 1.29 is 4.42 Å². The monoisotopic (exact) mass is 333 g/mol. The van der Waals surface area contributed by atoms with E-state index < -0.39 is 0 Å². The Bertz CT molecular complexity index is 536. The van der Waals surface area contributed by atoms with E-state index in [0.29, 0.717) is 12.0 Å². The van der Waals surface area contributed by atoms with E-state index in [1.54, 1.807) is 0 Å². The first kappa shape index (κ1) is 17.3. The van der Waals surface area contributed by atoms with E-state index in [1.165, 1.54) is 25.7 Å². The number of guanidine groups is 1. The van der Waals surface area contributed by atoms with Crippen molar-refractivity contribution in [3.05, 3.63) is 17.3 Å². The molecule has 6 nitrogen and oxygen atoms in total. The molecule has 2 N–H and O–H groups in total. The number of hydrogen-bond donors (Lipinski definition) is 2. The lowest BCUT2D eigenvalue weighted by Gasteiger charge is -2.30. The van der Waals surface area contributed by atoms with Crippen LogP contribution in [0.2, 0.25) is 0 Å². The number of rotatable bonds is 6. The molecule has 0 atom stereocenters. The Kier molecular flexibility index (Phi) is 5.76. The second-order valence-corrected chi connectivity index (χ2v) is 7.11. The third kappa shape index (κ3) is 4.97. The number of nitrogens with zero attached hydrogens (tertiary/aromatic N) is 3. The summed E-state index contributed by atoms with van der Waals surface area (Å²) in [6.45, 7) is 11.0. The SMILES string of the molecule is CCNC(=NCC1CCN(Cc2nc(C)c(C)o2)CC1)NC1CC1. The van der Waals surface area contributed by atoms with Crippen LogP contribution in [-0.4, -0.2) is 48.1 Å². The zero-order chi connectivity index (χ0) is 16.9. The molecule has 6 heteroatoms. The minimum atomic E-state index is 0.650.